The van der Waals surface area contributed by atoms with Crippen LogP contribution in [0.4, 0.5) is 0 Å². The van der Waals surface area contributed by atoms with Crippen LogP contribution in [0.3, 0.4) is 0 Å². The zero-order valence-corrected chi connectivity index (χ0v) is 13.3. The highest BCUT2D eigenvalue weighted by molar-refractivity contribution is 5.79. The van der Waals surface area contributed by atoms with Crippen LogP contribution in [0.25, 0.3) is 0 Å². The highest BCUT2D eigenvalue weighted by atomic mass is 16.2. The molecule has 0 spiro atoms. The molecule has 0 radical (unpaired) electrons. The minimum Gasteiger partial charge on any atom is -0.338 e. The molecule has 2 aliphatic rings. The molecular formula is C16H31N3O. The standard InChI is InChI=1S/C16H31N3O/c1-12-11-18(3)8-5-9-19(12)16(20)13(2)14-6-4-7-15(17)10-14/h12-15H,4-11,17H2,1-3H3. The molecule has 0 aromatic heterocycles. The van der Waals surface area contributed by atoms with Gasteiger partial charge in [-0.25, -0.2) is 0 Å². The summed E-state index contributed by atoms with van der Waals surface area (Å²) in [6, 6.07) is 0.631. The van der Waals surface area contributed by atoms with Crippen LogP contribution < -0.4 is 5.73 Å². The van der Waals surface area contributed by atoms with Crippen LogP contribution >= 0.6 is 0 Å². The van der Waals surface area contributed by atoms with Crippen molar-refractivity contribution in [3.8, 4) is 0 Å². The lowest BCUT2D eigenvalue weighted by Gasteiger charge is -2.35. The van der Waals surface area contributed by atoms with Gasteiger partial charge in [-0.05, 0) is 52.1 Å². The summed E-state index contributed by atoms with van der Waals surface area (Å²) in [6.45, 7) is 7.29. The third-order valence-electron chi connectivity index (χ3n) is 5.18. The quantitative estimate of drug-likeness (QED) is 0.838. The molecule has 4 unspecified atom stereocenters. The number of likely N-dealkylation sites (N-methyl/N-ethyl adjacent to an activating group) is 1. The van der Waals surface area contributed by atoms with Crippen LogP contribution in [0.15, 0.2) is 0 Å². The first kappa shape index (κ1) is 15.8. The summed E-state index contributed by atoms with van der Waals surface area (Å²) in [5.74, 6) is 0.971. The minimum absolute atomic E-state index is 0.132. The van der Waals surface area contributed by atoms with Gasteiger partial charge in [-0.2, -0.15) is 0 Å². The predicted molar refractivity (Wildman–Crippen MR) is 82.4 cm³/mol. The first-order valence-electron chi connectivity index (χ1n) is 8.23. The Hall–Kier alpha value is -0.610. The van der Waals surface area contributed by atoms with E-state index in [2.05, 4.69) is 30.7 Å². The maximum atomic E-state index is 12.8. The summed E-state index contributed by atoms with van der Waals surface area (Å²) >= 11 is 0. The Bertz CT molecular complexity index is 334. The molecule has 1 saturated heterocycles. The Morgan fingerprint density at radius 1 is 1.25 bits per heavy atom. The van der Waals surface area contributed by atoms with Crippen molar-refractivity contribution in [1.29, 1.82) is 0 Å². The molecule has 1 heterocycles. The lowest BCUT2D eigenvalue weighted by Crippen LogP contribution is -2.46. The monoisotopic (exact) mass is 281 g/mol. The van der Waals surface area contributed by atoms with E-state index in [1.165, 1.54) is 12.8 Å². The van der Waals surface area contributed by atoms with Gasteiger partial charge in [-0.1, -0.05) is 13.3 Å². The zero-order chi connectivity index (χ0) is 14.7. The number of rotatable bonds is 2. The van der Waals surface area contributed by atoms with Gasteiger partial charge < -0.3 is 15.5 Å². The third kappa shape index (κ3) is 3.73. The summed E-state index contributed by atoms with van der Waals surface area (Å²) in [5.41, 5.74) is 6.08. The van der Waals surface area contributed by atoms with Crippen molar-refractivity contribution in [2.45, 2.75) is 58.0 Å². The second kappa shape index (κ2) is 6.90. The number of hydrogen-bond donors (Lipinski definition) is 1. The Morgan fingerprint density at radius 3 is 2.70 bits per heavy atom. The molecule has 1 saturated carbocycles. The first-order valence-corrected chi connectivity index (χ1v) is 8.23. The summed E-state index contributed by atoms with van der Waals surface area (Å²) < 4.78 is 0. The fraction of sp³-hybridized carbons (Fsp3) is 0.938. The van der Waals surface area contributed by atoms with Gasteiger partial charge >= 0.3 is 0 Å². The highest BCUT2D eigenvalue weighted by Gasteiger charge is 2.33. The van der Waals surface area contributed by atoms with Crippen molar-refractivity contribution in [2.24, 2.45) is 17.6 Å². The molecule has 20 heavy (non-hydrogen) atoms. The Kier molecular flexibility index (Phi) is 5.44. The average Bonchev–Trinajstić information content (AvgIpc) is 2.57. The SMILES string of the molecule is CC(C(=O)N1CCCN(C)CC1C)C1CCCC(N)C1. The van der Waals surface area contributed by atoms with Gasteiger partial charge in [0.25, 0.3) is 0 Å². The molecule has 0 aromatic carbocycles. The number of nitrogens with two attached hydrogens (primary N) is 1. The summed E-state index contributed by atoms with van der Waals surface area (Å²) in [5, 5.41) is 0. The molecule has 116 valence electrons. The van der Waals surface area contributed by atoms with Crippen molar-refractivity contribution in [1.82, 2.24) is 9.80 Å². The van der Waals surface area contributed by atoms with Gasteiger partial charge in [0.15, 0.2) is 0 Å². The Morgan fingerprint density at radius 2 is 2.00 bits per heavy atom. The third-order valence-corrected chi connectivity index (χ3v) is 5.18. The molecule has 0 bridgehead atoms. The Balaban J connectivity index is 1.98. The summed E-state index contributed by atoms with van der Waals surface area (Å²) in [4.78, 5) is 17.3. The lowest BCUT2D eigenvalue weighted by molar-refractivity contribution is -0.139. The van der Waals surface area contributed by atoms with Gasteiger partial charge in [0.1, 0.15) is 0 Å². The molecule has 1 amide bonds. The molecular weight excluding hydrogens is 250 g/mol. The predicted octanol–water partition coefficient (Wildman–Crippen LogP) is 1.69. The van der Waals surface area contributed by atoms with Gasteiger partial charge in [-0.3, -0.25) is 4.79 Å². The second-order valence-corrected chi connectivity index (χ2v) is 6.97. The largest absolute Gasteiger partial charge is 0.338 e. The van der Waals surface area contributed by atoms with Gasteiger partial charge in [0.2, 0.25) is 5.91 Å². The molecule has 4 atom stereocenters. The van der Waals surface area contributed by atoms with E-state index in [1.54, 1.807) is 0 Å². The first-order chi connectivity index (χ1) is 9.49. The van der Waals surface area contributed by atoms with E-state index in [0.29, 0.717) is 23.9 Å². The molecule has 0 aromatic rings. The van der Waals surface area contributed by atoms with E-state index in [9.17, 15) is 4.79 Å². The van der Waals surface area contributed by atoms with Crippen molar-refractivity contribution in [3.63, 3.8) is 0 Å². The van der Waals surface area contributed by atoms with E-state index in [-0.39, 0.29) is 5.92 Å². The van der Waals surface area contributed by atoms with Crippen LogP contribution in [-0.4, -0.2) is 54.5 Å². The number of carbonyl (C=O) groups is 1. The maximum absolute atomic E-state index is 12.8. The topological polar surface area (TPSA) is 49.6 Å². The number of hydrogen-bond acceptors (Lipinski definition) is 3. The average molecular weight is 281 g/mol. The lowest BCUT2D eigenvalue weighted by atomic mass is 9.78. The van der Waals surface area contributed by atoms with E-state index in [4.69, 9.17) is 5.73 Å². The van der Waals surface area contributed by atoms with Crippen LogP contribution in [-0.2, 0) is 4.79 Å². The maximum Gasteiger partial charge on any atom is 0.225 e. The number of carbonyl (C=O) groups excluding carboxylic acids is 1. The fourth-order valence-corrected chi connectivity index (χ4v) is 3.88. The molecule has 2 N–H and O–H groups in total. The van der Waals surface area contributed by atoms with Crippen LogP contribution in [0.2, 0.25) is 0 Å². The second-order valence-electron chi connectivity index (χ2n) is 6.97. The van der Waals surface area contributed by atoms with Crippen molar-refractivity contribution in [2.75, 3.05) is 26.7 Å². The molecule has 4 nitrogen and oxygen atoms in total. The van der Waals surface area contributed by atoms with Crippen LogP contribution in [0.1, 0.15) is 46.0 Å². The Labute approximate surface area is 123 Å². The summed E-state index contributed by atoms with van der Waals surface area (Å²) in [6.07, 6.45) is 5.59. The smallest absolute Gasteiger partial charge is 0.225 e. The number of amides is 1. The molecule has 4 heteroatoms. The number of nitrogens with zero attached hydrogens (tertiary/aromatic N) is 2. The highest BCUT2D eigenvalue weighted by Crippen LogP contribution is 2.31. The van der Waals surface area contributed by atoms with E-state index < -0.39 is 0 Å². The van der Waals surface area contributed by atoms with Crippen LogP contribution in [0.5, 0.6) is 0 Å². The molecule has 1 aliphatic heterocycles. The zero-order valence-electron chi connectivity index (χ0n) is 13.3. The van der Waals surface area contributed by atoms with E-state index >= 15 is 0 Å². The molecule has 1 aliphatic carbocycles. The van der Waals surface area contributed by atoms with Crippen molar-refractivity contribution in [3.05, 3.63) is 0 Å². The fourth-order valence-electron chi connectivity index (χ4n) is 3.88. The summed E-state index contributed by atoms with van der Waals surface area (Å²) in [7, 11) is 2.15. The van der Waals surface area contributed by atoms with Gasteiger partial charge in [0.05, 0.1) is 0 Å². The normalized spacial score (nSPS) is 34.6. The van der Waals surface area contributed by atoms with E-state index in [1.807, 2.05) is 0 Å². The van der Waals surface area contributed by atoms with E-state index in [0.717, 1.165) is 38.9 Å². The minimum atomic E-state index is 0.132. The molecule has 2 fully saturated rings. The molecule has 2 rings (SSSR count). The van der Waals surface area contributed by atoms with Crippen molar-refractivity contribution < 1.29 is 4.79 Å². The van der Waals surface area contributed by atoms with Gasteiger partial charge in [-0.15, -0.1) is 0 Å². The van der Waals surface area contributed by atoms with Crippen LogP contribution in [0, 0.1) is 11.8 Å². The van der Waals surface area contributed by atoms with Crippen molar-refractivity contribution >= 4 is 5.91 Å². The van der Waals surface area contributed by atoms with Gasteiger partial charge in [0, 0.05) is 31.1 Å².